The maximum atomic E-state index is 14.4. The highest BCUT2D eigenvalue weighted by Gasteiger charge is 2.53. The number of anilines is 1. The quantitative estimate of drug-likeness (QED) is 0.198. The highest BCUT2D eigenvalue weighted by atomic mass is 19.4. The number of likely N-dealkylation sites (N-methyl/N-ethyl adjacent to an activating group) is 2. The Hall–Kier alpha value is -2.69. The van der Waals surface area contributed by atoms with E-state index in [1.807, 2.05) is 11.8 Å². The normalized spacial score (nSPS) is 42.5. The number of cyclic esters (lactones) is 1. The first-order valence-electron chi connectivity index (χ1n) is 22.3. The number of methoxy groups -OCH3 is 1. The largest absolute Gasteiger partial charge is 0.459 e. The van der Waals surface area contributed by atoms with Gasteiger partial charge in [-0.2, -0.15) is 13.2 Å². The monoisotopic (exact) mass is 922 g/mol. The SMILES string of the molecule is CC[C@H]1OC(=O)[C@H](C)[C@@H](O[C@H]2C[C@@](C)(OC)[C@@H](O)[C@H](C)O2)[C@H](C)[C@@H](O[C@@H]2O[C@H](C)C[C@H](N(C)C(=O)Nc3ccc(C(F)(F)F)cc3)[C@H]2O)[C@](C)(O)C[C@@H](C)CN(C)[C@H](C)[C@@H](O)[C@]1(C)O. The molecule has 368 valence electrons. The summed E-state index contributed by atoms with van der Waals surface area (Å²) >= 11 is 0. The maximum absolute atomic E-state index is 14.4. The molecule has 64 heavy (non-hydrogen) atoms. The lowest BCUT2D eigenvalue weighted by Crippen LogP contribution is -2.61. The summed E-state index contributed by atoms with van der Waals surface area (Å²) in [7, 11) is 4.66. The molecule has 0 saturated carbocycles. The number of nitrogens with zero attached hydrogens (tertiary/aromatic N) is 2. The van der Waals surface area contributed by atoms with Crippen LogP contribution in [0.25, 0.3) is 0 Å². The van der Waals surface area contributed by atoms with Gasteiger partial charge in [0.15, 0.2) is 12.6 Å². The zero-order valence-electron chi connectivity index (χ0n) is 39.5. The fraction of sp³-hybridized carbons (Fsp3) is 0.822. The third-order valence-corrected chi connectivity index (χ3v) is 13.8. The van der Waals surface area contributed by atoms with E-state index in [1.165, 1.54) is 26.0 Å². The predicted molar refractivity (Wildman–Crippen MR) is 229 cm³/mol. The Morgan fingerprint density at radius 2 is 1.58 bits per heavy atom. The summed E-state index contributed by atoms with van der Waals surface area (Å²) in [4.78, 5) is 30.9. The van der Waals surface area contributed by atoms with Gasteiger partial charge in [0.1, 0.15) is 30.0 Å². The lowest BCUT2D eigenvalue weighted by Gasteiger charge is -2.49. The molecule has 4 rings (SSSR count). The van der Waals surface area contributed by atoms with E-state index < -0.39 is 126 Å². The first-order chi connectivity index (χ1) is 29.5. The molecule has 0 spiro atoms. The van der Waals surface area contributed by atoms with Gasteiger partial charge in [0.25, 0.3) is 0 Å². The van der Waals surface area contributed by atoms with Crippen molar-refractivity contribution in [1.82, 2.24) is 9.80 Å². The molecule has 16 nitrogen and oxygen atoms in total. The van der Waals surface area contributed by atoms with Crippen LogP contribution in [0.2, 0.25) is 0 Å². The summed E-state index contributed by atoms with van der Waals surface area (Å²) in [6.45, 7) is 17.1. The number of halogens is 3. The number of hydrogen-bond acceptors (Lipinski definition) is 14. The van der Waals surface area contributed by atoms with Crippen molar-refractivity contribution in [2.24, 2.45) is 17.8 Å². The summed E-state index contributed by atoms with van der Waals surface area (Å²) in [5.74, 6) is -3.16. The summed E-state index contributed by atoms with van der Waals surface area (Å²) < 4.78 is 77.1. The number of carbonyl (C=O) groups is 2. The van der Waals surface area contributed by atoms with E-state index in [2.05, 4.69) is 5.32 Å². The standard InChI is InChI=1S/C45H74F3N3O13/c1-14-32-44(10,58)36(53)27(6)50(11)22-23(2)20-42(8,57)38(25(4)35(26(5)39(55)62-32)63-33-21-43(9,59-13)37(54)28(7)61-33)64-40-34(52)31(19-24(3)60-40)51(12)41(56)49-30-17-15-29(16-18-30)45(46,47)48/h15-18,23-28,31-38,40,52-54,57-58H,14,19-22H2,1-13H3,(H,49,56)/t23-,24-,25+,26-,27-,28+,31+,32-,33+,34-,35+,36-,37+,38-,40+,42-,43-,44-/m1/s1. The van der Waals surface area contributed by atoms with Crippen molar-refractivity contribution in [3.05, 3.63) is 29.8 Å². The second-order valence-electron chi connectivity index (χ2n) is 19.3. The summed E-state index contributed by atoms with van der Waals surface area (Å²) in [5.41, 5.74) is -5.55. The molecule has 0 aromatic heterocycles. The molecular formula is C45H74F3N3O13. The highest BCUT2D eigenvalue weighted by molar-refractivity contribution is 5.89. The van der Waals surface area contributed by atoms with Gasteiger partial charge in [0, 0.05) is 44.8 Å². The molecule has 2 amide bonds. The Morgan fingerprint density at radius 3 is 2.14 bits per heavy atom. The second kappa shape index (κ2) is 21.1. The molecule has 6 N–H and O–H groups in total. The number of ether oxygens (including phenoxy) is 6. The summed E-state index contributed by atoms with van der Waals surface area (Å²) in [6, 6.07) is 1.65. The Bertz CT molecular complexity index is 1690. The predicted octanol–water partition coefficient (Wildman–Crippen LogP) is 4.52. The van der Waals surface area contributed by atoms with Gasteiger partial charge in [-0.3, -0.25) is 4.79 Å². The van der Waals surface area contributed by atoms with Crippen LogP contribution in [0.5, 0.6) is 0 Å². The van der Waals surface area contributed by atoms with Gasteiger partial charge in [0.05, 0.1) is 53.1 Å². The number of hydrogen-bond donors (Lipinski definition) is 6. The van der Waals surface area contributed by atoms with Gasteiger partial charge in [-0.05, 0) is 105 Å². The third kappa shape index (κ3) is 12.2. The van der Waals surface area contributed by atoms with Crippen LogP contribution in [0, 0.1) is 17.8 Å². The third-order valence-electron chi connectivity index (χ3n) is 13.8. The minimum atomic E-state index is -4.56. The van der Waals surface area contributed by atoms with Crippen LogP contribution in [0.3, 0.4) is 0 Å². The van der Waals surface area contributed by atoms with E-state index in [4.69, 9.17) is 28.4 Å². The number of carbonyl (C=O) groups excluding carboxylic acids is 2. The van der Waals surface area contributed by atoms with Crippen molar-refractivity contribution in [1.29, 1.82) is 0 Å². The average molecular weight is 922 g/mol. The number of amides is 2. The van der Waals surface area contributed by atoms with Crippen molar-refractivity contribution < 1.29 is 76.7 Å². The molecule has 0 bridgehead atoms. The molecule has 0 radical (unpaired) electrons. The molecule has 1 aromatic rings. The smallest absolute Gasteiger partial charge is 0.416 e. The van der Waals surface area contributed by atoms with Crippen molar-refractivity contribution in [3.8, 4) is 0 Å². The minimum Gasteiger partial charge on any atom is -0.459 e. The number of benzene rings is 1. The molecule has 0 unspecified atom stereocenters. The molecule has 19 heteroatoms. The van der Waals surface area contributed by atoms with Gasteiger partial charge in [0.2, 0.25) is 0 Å². The Kier molecular flexibility index (Phi) is 17.8. The van der Waals surface area contributed by atoms with Crippen molar-refractivity contribution in [2.75, 3.05) is 33.1 Å². The average Bonchev–Trinajstić information content (AvgIpc) is 3.21. The number of urea groups is 1. The molecule has 18 atom stereocenters. The van der Waals surface area contributed by atoms with Crippen LogP contribution < -0.4 is 5.32 Å². The molecule has 3 heterocycles. The van der Waals surface area contributed by atoms with Gasteiger partial charge in [-0.1, -0.05) is 20.8 Å². The number of alkyl halides is 3. The zero-order valence-corrected chi connectivity index (χ0v) is 39.5. The number of rotatable bonds is 8. The Morgan fingerprint density at radius 1 is 0.969 bits per heavy atom. The lowest BCUT2D eigenvalue weighted by molar-refractivity contribution is -0.317. The fourth-order valence-corrected chi connectivity index (χ4v) is 9.71. The first-order valence-corrected chi connectivity index (χ1v) is 22.3. The van der Waals surface area contributed by atoms with Crippen LogP contribution in [0.15, 0.2) is 24.3 Å². The first kappa shape index (κ1) is 53.9. The van der Waals surface area contributed by atoms with Crippen LogP contribution in [-0.4, -0.2) is 165 Å². The summed E-state index contributed by atoms with van der Waals surface area (Å²) in [6.07, 6.45) is -15.6. The van der Waals surface area contributed by atoms with E-state index in [0.717, 1.165) is 24.3 Å². The van der Waals surface area contributed by atoms with Gasteiger partial charge in [-0.25, -0.2) is 4.79 Å². The van der Waals surface area contributed by atoms with Crippen molar-refractivity contribution in [3.63, 3.8) is 0 Å². The maximum Gasteiger partial charge on any atom is 0.416 e. The Labute approximate surface area is 375 Å². The van der Waals surface area contributed by atoms with E-state index in [0.29, 0.717) is 6.54 Å². The summed E-state index contributed by atoms with van der Waals surface area (Å²) in [5, 5.41) is 61.6. The van der Waals surface area contributed by atoms with Gasteiger partial charge < -0.3 is 69.1 Å². The van der Waals surface area contributed by atoms with Crippen LogP contribution in [-0.2, 0) is 39.4 Å². The van der Waals surface area contributed by atoms with Crippen LogP contribution in [0.4, 0.5) is 23.7 Å². The molecule has 3 aliphatic heterocycles. The number of esters is 1. The van der Waals surface area contributed by atoms with Crippen molar-refractivity contribution >= 4 is 17.7 Å². The van der Waals surface area contributed by atoms with E-state index >= 15 is 0 Å². The number of nitrogens with one attached hydrogen (secondary N) is 1. The van der Waals surface area contributed by atoms with Gasteiger partial charge >= 0.3 is 18.2 Å². The molecule has 3 aliphatic rings. The van der Waals surface area contributed by atoms with E-state index in [1.54, 1.807) is 62.4 Å². The highest BCUT2D eigenvalue weighted by Crippen LogP contribution is 2.40. The molecule has 0 aliphatic carbocycles. The fourth-order valence-electron chi connectivity index (χ4n) is 9.71. The van der Waals surface area contributed by atoms with Gasteiger partial charge in [-0.15, -0.1) is 0 Å². The number of aliphatic hydroxyl groups excluding tert-OH is 3. The van der Waals surface area contributed by atoms with Crippen LogP contribution >= 0.6 is 0 Å². The molecule has 1 aromatic carbocycles. The second-order valence-corrected chi connectivity index (χ2v) is 19.3. The Balaban J connectivity index is 1.76. The van der Waals surface area contributed by atoms with E-state index in [9.17, 15) is 48.3 Å². The molecule has 3 fully saturated rings. The minimum absolute atomic E-state index is 0.0339. The van der Waals surface area contributed by atoms with Crippen molar-refractivity contribution in [2.45, 2.75) is 191 Å². The topological polar surface area (TPSA) is 209 Å². The number of aliphatic hydroxyl groups is 5. The zero-order chi connectivity index (χ0) is 48.4. The van der Waals surface area contributed by atoms with Crippen LogP contribution in [0.1, 0.15) is 100 Å². The molecular weight excluding hydrogens is 847 g/mol. The lowest BCUT2D eigenvalue weighted by atomic mass is 9.77. The van der Waals surface area contributed by atoms with E-state index in [-0.39, 0.29) is 37.3 Å². The molecule has 3 saturated heterocycles.